The van der Waals surface area contributed by atoms with Crippen LogP contribution < -0.4 is 5.32 Å². The summed E-state index contributed by atoms with van der Waals surface area (Å²) in [6.45, 7) is 4.45. The third kappa shape index (κ3) is 3.54. The normalized spacial score (nSPS) is 29.8. The molecule has 0 amide bonds. The lowest BCUT2D eigenvalue weighted by molar-refractivity contribution is -0.123. The Balaban J connectivity index is 1.43. The Morgan fingerprint density at radius 1 is 1.25 bits per heavy atom. The van der Waals surface area contributed by atoms with Crippen molar-refractivity contribution in [2.75, 3.05) is 38.5 Å². The van der Waals surface area contributed by atoms with Crippen molar-refractivity contribution in [3.8, 4) is 0 Å². The molecule has 1 aromatic heterocycles. The lowest BCUT2D eigenvalue weighted by atomic mass is 10.1. The molecule has 2 fully saturated rings. The number of rotatable bonds is 3. The van der Waals surface area contributed by atoms with Gasteiger partial charge in [-0.2, -0.15) is 5.10 Å². The van der Waals surface area contributed by atoms with Gasteiger partial charge in [-0.3, -0.25) is 10.00 Å². The average Bonchev–Trinajstić information content (AvgIpc) is 3.05. The highest BCUT2D eigenvalue weighted by atomic mass is 127. The highest BCUT2D eigenvalue weighted by molar-refractivity contribution is 14.1. The van der Waals surface area contributed by atoms with Gasteiger partial charge in [-0.1, -0.05) is 22.6 Å². The van der Waals surface area contributed by atoms with Gasteiger partial charge in [0.2, 0.25) is 0 Å². The minimum atomic E-state index is 0.0494. The van der Waals surface area contributed by atoms with Crippen LogP contribution in [-0.4, -0.2) is 69.6 Å². The Hall–Kier alpha value is -0.900. The first-order valence-corrected chi connectivity index (χ1v) is 9.85. The number of halogens is 1. The topological polar surface area (TPSA) is 56.4 Å². The van der Waals surface area contributed by atoms with Crippen molar-refractivity contribution in [3.05, 3.63) is 24.4 Å². The summed E-state index contributed by atoms with van der Waals surface area (Å²) in [7, 11) is 2.19. The molecule has 4 rings (SSSR count). The minimum Gasteiger partial charge on any atom is -0.359 e. The summed E-state index contributed by atoms with van der Waals surface area (Å²) >= 11 is 2.51. The molecule has 2 saturated heterocycles. The van der Waals surface area contributed by atoms with Gasteiger partial charge in [-0.25, -0.2) is 0 Å². The number of piperazine rings is 1. The van der Waals surface area contributed by atoms with Gasteiger partial charge in [0.15, 0.2) is 0 Å². The van der Waals surface area contributed by atoms with Gasteiger partial charge in [-0.05, 0) is 38.1 Å². The van der Waals surface area contributed by atoms with Gasteiger partial charge in [0.25, 0.3) is 0 Å². The SMILES string of the molecule is CN1CCN(C2CCC(I)C(Nc3ccc4[nH]ncc4c3)O2)CC1. The number of aromatic nitrogens is 2. The number of H-pyrrole nitrogens is 1. The number of aromatic amines is 1. The molecule has 6 nitrogen and oxygen atoms in total. The lowest BCUT2D eigenvalue weighted by Crippen LogP contribution is -2.54. The number of likely N-dealkylation sites (N-methyl/N-ethyl adjacent to an activating group) is 1. The van der Waals surface area contributed by atoms with Crippen molar-refractivity contribution >= 4 is 39.2 Å². The molecule has 3 atom stereocenters. The van der Waals surface area contributed by atoms with E-state index in [4.69, 9.17) is 4.74 Å². The van der Waals surface area contributed by atoms with E-state index in [-0.39, 0.29) is 12.5 Å². The fourth-order valence-electron chi connectivity index (χ4n) is 3.48. The standard InChI is InChI=1S/C17H24IN5O/c1-22-6-8-23(9-7-22)16-5-3-14(18)17(24-16)20-13-2-4-15-12(10-13)11-19-21-15/h2,4,10-11,14,16-17,20H,3,5-9H2,1H3,(H,19,21). The number of alkyl halides is 1. The Labute approximate surface area is 156 Å². The van der Waals surface area contributed by atoms with Gasteiger partial charge in [0.1, 0.15) is 12.5 Å². The summed E-state index contributed by atoms with van der Waals surface area (Å²) in [4.78, 5) is 4.88. The molecule has 7 heteroatoms. The smallest absolute Gasteiger partial charge is 0.141 e. The molecule has 1 aromatic carbocycles. The molecule has 2 aromatic rings. The maximum Gasteiger partial charge on any atom is 0.141 e. The third-order valence-corrected chi connectivity index (χ3v) is 6.29. The van der Waals surface area contributed by atoms with Crippen LogP contribution in [0.2, 0.25) is 0 Å². The van der Waals surface area contributed by atoms with Crippen molar-refractivity contribution in [1.82, 2.24) is 20.0 Å². The Kier molecular flexibility index (Phi) is 4.93. The number of hydrogen-bond acceptors (Lipinski definition) is 5. The number of benzene rings is 1. The van der Waals surface area contributed by atoms with Crippen LogP contribution >= 0.6 is 22.6 Å². The molecule has 2 N–H and O–H groups in total. The zero-order valence-electron chi connectivity index (χ0n) is 13.9. The van der Waals surface area contributed by atoms with E-state index in [9.17, 15) is 0 Å². The van der Waals surface area contributed by atoms with E-state index >= 15 is 0 Å². The number of hydrogen-bond donors (Lipinski definition) is 2. The maximum atomic E-state index is 6.44. The summed E-state index contributed by atoms with van der Waals surface area (Å²) in [5.41, 5.74) is 2.15. The molecular weight excluding hydrogens is 417 g/mol. The van der Waals surface area contributed by atoms with Crippen LogP contribution in [0.4, 0.5) is 5.69 Å². The van der Waals surface area contributed by atoms with E-state index in [0.29, 0.717) is 3.92 Å². The van der Waals surface area contributed by atoms with Gasteiger partial charge < -0.3 is 15.0 Å². The van der Waals surface area contributed by atoms with E-state index in [1.807, 2.05) is 6.20 Å². The molecule has 0 saturated carbocycles. The Morgan fingerprint density at radius 2 is 2.08 bits per heavy atom. The van der Waals surface area contributed by atoms with E-state index in [1.165, 1.54) is 6.42 Å². The molecule has 0 bridgehead atoms. The van der Waals surface area contributed by atoms with Crippen LogP contribution in [0, 0.1) is 0 Å². The number of fused-ring (bicyclic) bond motifs is 1. The van der Waals surface area contributed by atoms with E-state index < -0.39 is 0 Å². The summed E-state index contributed by atoms with van der Waals surface area (Å²) in [6, 6.07) is 6.28. The molecule has 2 aliphatic heterocycles. The molecule has 3 unspecified atom stereocenters. The van der Waals surface area contributed by atoms with Crippen LogP contribution in [-0.2, 0) is 4.74 Å². The van der Waals surface area contributed by atoms with Crippen molar-refractivity contribution in [3.63, 3.8) is 0 Å². The van der Waals surface area contributed by atoms with Crippen LogP contribution in [0.5, 0.6) is 0 Å². The molecule has 24 heavy (non-hydrogen) atoms. The van der Waals surface area contributed by atoms with Crippen molar-refractivity contribution in [2.45, 2.75) is 29.2 Å². The van der Waals surface area contributed by atoms with Crippen molar-refractivity contribution in [2.24, 2.45) is 0 Å². The first-order valence-electron chi connectivity index (χ1n) is 8.61. The zero-order chi connectivity index (χ0) is 16.5. The number of anilines is 1. The van der Waals surface area contributed by atoms with Crippen LogP contribution in [0.25, 0.3) is 10.9 Å². The fraction of sp³-hybridized carbons (Fsp3) is 0.588. The zero-order valence-corrected chi connectivity index (χ0v) is 16.1. The summed E-state index contributed by atoms with van der Waals surface area (Å²) in [5, 5.41) is 11.8. The van der Waals surface area contributed by atoms with Gasteiger partial charge >= 0.3 is 0 Å². The molecule has 2 aliphatic rings. The number of nitrogens with zero attached hydrogens (tertiary/aromatic N) is 3. The monoisotopic (exact) mass is 441 g/mol. The van der Waals surface area contributed by atoms with Gasteiger partial charge in [-0.15, -0.1) is 0 Å². The molecule has 0 radical (unpaired) electrons. The molecular formula is C17H24IN5O. The largest absolute Gasteiger partial charge is 0.359 e. The predicted molar refractivity (Wildman–Crippen MR) is 104 cm³/mol. The highest BCUT2D eigenvalue weighted by Crippen LogP contribution is 2.29. The number of ether oxygens (including phenoxy) is 1. The third-order valence-electron chi connectivity index (χ3n) is 5.02. The van der Waals surface area contributed by atoms with Crippen LogP contribution in [0.15, 0.2) is 24.4 Å². The quantitative estimate of drug-likeness (QED) is 0.567. The average molecular weight is 441 g/mol. The summed E-state index contributed by atoms with van der Waals surface area (Å²) < 4.78 is 6.91. The highest BCUT2D eigenvalue weighted by Gasteiger charge is 2.33. The predicted octanol–water partition coefficient (Wildman–Crippen LogP) is 2.49. The van der Waals surface area contributed by atoms with Gasteiger partial charge in [0, 0.05) is 37.3 Å². The molecule has 0 spiro atoms. The van der Waals surface area contributed by atoms with Crippen molar-refractivity contribution < 1.29 is 4.74 Å². The van der Waals surface area contributed by atoms with Crippen LogP contribution in [0.1, 0.15) is 12.8 Å². The first-order chi connectivity index (χ1) is 11.7. The fourth-order valence-corrected chi connectivity index (χ4v) is 4.18. The second kappa shape index (κ2) is 7.15. The Morgan fingerprint density at radius 3 is 2.92 bits per heavy atom. The maximum absolute atomic E-state index is 6.44. The Bertz CT molecular complexity index is 684. The number of nitrogens with one attached hydrogen (secondary N) is 2. The van der Waals surface area contributed by atoms with E-state index in [0.717, 1.165) is 49.2 Å². The molecule has 0 aliphatic carbocycles. The van der Waals surface area contributed by atoms with Crippen molar-refractivity contribution in [1.29, 1.82) is 0 Å². The van der Waals surface area contributed by atoms with Crippen LogP contribution in [0.3, 0.4) is 0 Å². The summed E-state index contributed by atoms with van der Waals surface area (Å²) in [5.74, 6) is 0. The van der Waals surface area contributed by atoms with E-state index in [2.05, 4.69) is 73.2 Å². The van der Waals surface area contributed by atoms with E-state index in [1.54, 1.807) is 0 Å². The first kappa shape index (κ1) is 16.6. The lowest BCUT2D eigenvalue weighted by Gasteiger charge is -2.43. The summed E-state index contributed by atoms with van der Waals surface area (Å²) in [6.07, 6.45) is 4.45. The second-order valence-electron chi connectivity index (χ2n) is 6.76. The second-order valence-corrected chi connectivity index (χ2v) is 8.36. The molecule has 3 heterocycles. The van der Waals surface area contributed by atoms with Gasteiger partial charge in [0.05, 0.1) is 15.6 Å². The molecule has 130 valence electrons. The minimum absolute atomic E-state index is 0.0494.